The van der Waals surface area contributed by atoms with Gasteiger partial charge in [0, 0.05) is 16.9 Å². The molecule has 6 heteroatoms. The van der Waals surface area contributed by atoms with Gasteiger partial charge >= 0.3 is 0 Å². The Balaban J connectivity index is 1.86. The van der Waals surface area contributed by atoms with E-state index in [0.717, 1.165) is 34.1 Å². The minimum absolute atomic E-state index is 0.577. The van der Waals surface area contributed by atoms with Crippen molar-refractivity contribution < 1.29 is 9.26 Å². The maximum Gasteiger partial charge on any atom is 0.178 e. The SMILES string of the molecule is COc1ccc(NC(=S)N(Cc2c(C)noc2C)c2ccccc2)cc1. The Morgan fingerprint density at radius 3 is 2.38 bits per heavy atom. The summed E-state index contributed by atoms with van der Waals surface area (Å²) in [6, 6.07) is 17.7. The lowest BCUT2D eigenvalue weighted by Crippen LogP contribution is -2.34. The van der Waals surface area contributed by atoms with Crippen LogP contribution >= 0.6 is 12.2 Å². The minimum Gasteiger partial charge on any atom is -0.497 e. The van der Waals surface area contributed by atoms with Gasteiger partial charge in [0.1, 0.15) is 11.5 Å². The van der Waals surface area contributed by atoms with Gasteiger partial charge in [-0.15, -0.1) is 0 Å². The average molecular weight is 367 g/mol. The number of hydrogen-bond donors (Lipinski definition) is 1. The monoisotopic (exact) mass is 367 g/mol. The molecule has 0 aliphatic rings. The first kappa shape index (κ1) is 17.9. The molecule has 3 rings (SSSR count). The number of aromatic nitrogens is 1. The van der Waals surface area contributed by atoms with Crippen LogP contribution in [0, 0.1) is 13.8 Å². The van der Waals surface area contributed by atoms with Crippen molar-refractivity contribution >= 4 is 28.7 Å². The van der Waals surface area contributed by atoms with Crippen molar-refractivity contribution in [3.05, 3.63) is 71.6 Å². The van der Waals surface area contributed by atoms with Gasteiger partial charge in [-0.25, -0.2) is 0 Å². The molecule has 26 heavy (non-hydrogen) atoms. The summed E-state index contributed by atoms with van der Waals surface area (Å²) in [4.78, 5) is 2.03. The summed E-state index contributed by atoms with van der Waals surface area (Å²) in [5.41, 5.74) is 3.80. The topological polar surface area (TPSA) is 50.5 Å². The zero-order valence-electron chi connectivity index (χ0n) is 15.0. The molecular formula is C20H21N3O2S. The summed E-state index contributed by atoms with van der Waals surface area (Å²) in [5, 5.41) is 7.94. The van der Waals surface area contributed by atoms with Crippen LogP contribution in [-0.4, -0.2) is 17.4 Å². The average Bonchev–Trinajstić information content (AvgIpc) is 2.98. The summed E-state index contributed by atoms with van der Waals surface area (Å²) in [6.45, 7) is 4.43. The Bertz CT molecular complexity index is 856. The first-order valence-electron chi connectivity index (χ1n) is 8.28. The standard InChI is InChI=1S/C20H21N3O2S/c1-14-19(15(2)25-22-14)13-23(17-7-5-4-6-8-17)20(26)21-16-9-11-18(24-3)12-10-16/h4-12H,13H2,1-3H3,(H,21,26). The molecule has 0 saturated carbocycles. The van der Waals surface area contributed by atoms with Gasteiger partial charge in [-0.2, -0.15) is 0 Å². The van der Waals surface area contributed by atoms with Crippen LogP contribution in [0.25, 0.3) is 0 Å². The third-order valence-electron chi connectivity index (χ3n) is 4.15. The number of benzene rings is 2. The van der Waals surface area contributed by atoms with Gasteiger partial charge in [-0.1, -0.05) is 23.4 Å². The molecule has 0 aliphatic carbocycles. The number of ether oxygens (including phenoxy) is 1. The number of para-hydroxylation sites is 1. The molecule has 0 radical (unpaired) electrons. The van der Waals surface area contributed by atoms with Crippen molar-refractivity contribution in [3.63, 3.8) is 0 Å². The van der Waals surface area contributed by atoms with Crippen molar-refractivity contribution in [3.8, 4) is 5.75 Å². The molecular weight excluding hydrogens is 346 g/mol. The Morgan fingerprint density at radius 1 is 1.12 bits per heavy atom. The van der Waals surface area contributed by atoms with Crippen molar-refractivity contribution in [1.29, 1.82) is 0 Å². The lowest BCUT2D eigenvalue weighted by molar-refractivity contribution is 0.392. The highest BCUT2D eigenvalue weighted by molar-refractivity contribution is 7.80. The molecule has 0 bridgehead atoms. The van der Waals surface area contributed by atoms with Crippen LogP contribution in [0.1, 0.15) is 17.0 Å². The predicted molar refractivity (Wildman–Crippen MR) is 108 cm³/mol. The largest absolute Gasteiger partial charge is 0.497 e. The lowest BCUT2D eigenvalue weighted by atomic mass is 10.2. The zero-order valence-corrected chi connectivity index (χ0v) is 15.8. The molecule has 3 aromatic rings. The highest BCUT2D eigenvalue weighted by Gasteiger charge is 2.18. The number of rotatable bonds is 5. The van der Waals surface area contributed by atoms with Crippen LogP contribution in [0.5, 0.6) is 5.75 Å². The molecule has 0 amide bonds. The number of aryl methyl sites for hydroxylation is 2. The van der Waals surface area contributed by atoms with E-state index in [1.165, 1.54) is 0 Å². The fourth-order valence-electron chi connectivity index (χ4n) is 2.64. The molecule has 0 atom stereocenters. The van der Waals surface area contributed by atoms with Gasteiger partial charge in [0.15, 0.2) is 5.11 Å². The van der Waals surface area contributed by atoms with Gasteiger partial charge in [-0.3, -0.25) is 0 Å². The number of nitrogens with zero attached hydrogens (tertiary/aromatic N) is 2. The van der Waals surface area contributed by atoms with E-state index in [-0.39, 0.29) is 0 Å². The summed E-state index contributed by atoms with van der Waals surface area (Å²) >= 11 is 5.69. The van der Waals surface area contributed by atoms with Crippen molar-refractivity contribution in [2.24, 2.45) is 0 Å². The molecule has 0 spiro atoms. The molecule has 0 saturated heterocycles. The Morgan fingerprint density at radius 2 is 1.81 bits per heavy atom. The minimum atomic E-state index is 0.577. The summed E-state index contributed by atoms with van der Waals surface area (Å²) in [7, 11) is 1.65. The van der Waals surface area contributed by atoms with Crippen LogP contribution in [0.2, 0.25) is 0 Å². The van der Waals surface area contributed by atoms with Crippen LogP contribution < -0.4 is 15.0 Å². The Kier molecular flexibility index (Phi) is 5.53. The van der Waals surface area contributed by atoms with E-state index in [9.17, 15) is 0 Å². The number of nitrogens with one attached hydrogen (secondary N) is 1. The van der Waals surface area contributed by atoms with Gasteiger partial charge in [0.05, 0.1) is 19.3 Å². The van der Waals surface area contributed by atoms with Crippen LogP contribution in [0.3, 0.4) is 0 Å². The van der Waals surface area contributed by atoms with E-state index in [0.29, 0.717) is 11.7 Å². The maximum absolute atomic E-state index is 5.69. The predicted octanol–water partition coefficient (Wildman–Crippen LogP) is 4.70. The summed E-state index contributed by atoms with van der Waals surface area (Å²) in [6.07, 6.45) is 0. The second-order valence-corrected chi connectivity index (χ2v) is 6.27. The smallest absolute Gasteiger partial charge is 0.178 e. The number of methoxy groups -OCH3 is 1. The van der Waals surface area contributed by atoms with Gasteiger partial charge in [0.25, 0.3) is 0 Å². The van der Waals surface area contributed by atoms with Crippen LogP contribution in [-0.2, 0) is 6.54 Å². The van der Waals surface area contributed by atoms with Crippen LogP contribution in [0.15, 0.2) is 59.1 Å². The van der Waals surface area contributed by atoms with E-state index in [1.807, 2.05) is 73.3 Å². The molecule has 2 aromatic carbocycles. The number of thiocarbonyl (C=S) groups is 1. The van der Waals surface area contributed by atoms with Crippen molar-refractivity contribution in [1.82, 2.24) is 5.16 Å². The Labute approximate surface area is 158 Å². The Hall–Kier alpha value is -2.86. The first-order chi connectivity index (χ1) is 12.6. The third-order valence-corrected chi connectivity index (χ3v) is 4.47. The van der Waals surface area contributed by atoms with Crippen molar-refractivity contribution in [2.45, 2.75) is 20.4 Å². The fourth-order valence-corrected chi connectivity index (χ4v) is 2.93. The quantitative estimate of drug-likeness (QED) is 0.660. The second kappa shape index (κ2) is 8.01. The summed E-state index contributed by atoms with van der Waals surface area (Å²) < 4.78 is 10.5. The fraction of sp³-hybridized carbons (Fsp3) is 0.200. The van der Waals surface area contributed by atoms with E-state index in [2.05, 4.69) is 10.5 Å². The molecule has 134 valence electrons. The molecule has 5 nitrogen and oxygen atoms in total. The highest BCUT2D eigenvalue weighted by Crippen LogP contribution is 2.23. The number of hydrogen-bond acceptors (Lipinski definition) is 4. The normalized spacial score (nSPS) is 10.4. The summed E-state index contributed by atoms with van der Waals surface area (Å²) in [5.74, 6) is 1.60. The van der Waals surface area contributed by atoms with E-state index < -0.39 is 0 Å². The van der Waals surface area contributed by atoms with E-state index in [4.69, 9.17) is 21.5 Å². The van der Waals surface area contributed by atoms with E-state index in [1.54, 1.807) is 7.11 Å². The molecule has 1 aromatic heterocycles. The molecule has 1 N–H and O–H groups in total. The maximum atomic E-state index is 5.69. The zero-order chi connectivity index (χ0) is 18.5. The van der Waals surface area contributed by atoms with Gasteiger partial charge in [0.2, 0.25) is 0 Å². The van der Waals surface area contributed by atoms with Crippen molar-refractivity contribution in [2.75, 3.05) is 17.3 Å². The van der Waals surface area contributed by atoms with Gasteiger partial charge in [-0.05, 0) is 62.5 Å². The molecule has 0 fully saturated rings. The highest BCUT2D eigenvalue weighted by atomic mass is 32.1. The molecule has 0 aliphatic heterocycles. The third kappa shape index (κ3) is 4.03. The first-order valence-corrected chi connectivity index (χ1v) is 8.68. The molecule has 0 unspecified atom stereocenters. The van der Waals surface area contributed by atoms with Gasteiger partial charge < -0.3 is 19.5 Å². The van der Waals surface area contributed by atoms with E-state index >= 15 is 0 Å². The van der Waals surface area contributed by atoms with Crippen LogP contribution in [0.4, 0.5) is 11.4 Å². The second-order valence-electron chi connectivity index (χ2n) is 5.88. The number of anilines is 2. The lowest BCUT2D eigenvalue weighted by Gasteiger charge is -2.26. The molecule has 1 heterocycles.